The van der Waals surface area contributed by atoms with Crippen LogP contribution in [0.4, 0.5) is 0 Å². The lowest BCUT2D eigenvalue weighted by Gasteiger charge is -2.19. The number of aromatic nitrogens is 6. The van der Waals surface area contributed by atoms with Crippen LogP contribution in [0.5, 0.6) is 5.88 Å². The molecule has 4 rings (SSSR count). The van der Waals surface area contributed by atoms with Crippen LogP contribution in [0, 0.1) is 0 Å². The molecule has 1 aliphatic rings. The number of fused-ring (bicyclic) bond motifs is 2. The first-order valence-corrected chi connectivity index (χ1v) is 8.42. The van der Waals surface area contributed by atoms with E-state index >= 15 is 0 Å². The smallest absolute Gasteiger partial charge is 0.260 e. The number of hydrogen-bond acceptors (Lipinski definition) is 7. The highest BCUT2D eigenvalue weighted by atomic mass is 16.5. The predicted octanol–water partition coefficient (Wildman–Crippen LogP) is 0.185. The summed E-state index contributed by atoms with van der Waals surface area (Å²) in [5.74, 6) is 0.214. The van der Waals surface area contributed by atoms with Crippen LogP contribution in [0.3, 0.4) is 0 Å². The summed E-state index contributed by atoms with van der Waals surface area (Å²) in [7, 11) is 0. The SMILES string of the molecule is C[C@H](O)c1cc2n(n1)CCCN(C(=O)COc1ccc3nncn3n1)C2. The van der Waals surface area contributed by atoms with Crippen LogP contribution in [-0.2, 0) is 17.9 Å². The van der Waals surface area contributed by atoms with Crippen molar-refractivity contribution in [3.05, 3.63) is 35.9 Å². The van der Waals surface area contributed by atoms with E-state index in [4.69, 9.17) is 4.74 Å². The van der Waals surface area contributed by atoms with E-state index in [-0.39, 0.29) is 12.5 Å². The summed E-state index contributed by atoms with van der Waals surface area (Å²) in [6.45, 7) is 3.38. The summed E-state index contributed by atoms with van der Waals surface area (Å²) in [6.07, 6.45) is 1.64. The molecule has 0 bridgehead atoms. The van der Waals surface area contributed by atoms with Crippen LogP contribution >= 0.6 is 0 Å². The average Bonchev–Trinajstić information content (AvgIpc) is 3.21. The number of nitrogens with zero attached hydrogens (tertiary/aromatic N) is 7. The Bertz CT molecular complexity index is 933. The molecule has 10 heteroatoms. The summed E-state index contributed by atoms with van der Waals surface area (Å²) in [5, 5.41) is 25.9. The van der Waals surface area contributed by atoms with Crippen molar-refractivity contribution in [2.75, 3.05) is 13.2 Å². The number of hydrogen-bond donors (Lipinski definition) is 1. The van der Waals surface area contributed by atoms with Crippen LogP contribution in [0.1, 0.15) is 30.8 Å². The number of aryl methyl sites for hydroxylation is 1. The molecule has 0 radical (unpaired) electrons. The van der Waals surface area contributed by atoms with Crippen LogP contribution in [0.25, 0.3) is 5.65 Å². The zero-order valence-corrected chi connectivity index (χ0v) is 14.3. The van der Waals surface area contributed by atoms with Crippen molar-refractivity contribution >= 4 is 11.6 Å². The van der Waals surface area contributed by atoms with Gasteiger partial charge in [0.25, 0.3) is 5.91 Å². The highest BCUT2D eigenvalue weighted by molar-refractivity contribution is 5.77. The second-order valence-corrected chi connectivity index (χ2v) is 6.22. The molecule has 0 unspecified atom stereocenters. The first kappa shape index (κ1) is 16.5. The van der Waals surface area contributed by atoms with Gasteiger partial charge in [-0.1, -0.05) is 0 Å². The van der Waals surface area contributed by atoms with Gasteiger partial charge in [0, 0.05) is 19.2 Å². The molecular weight excluding hydrogens is 338 g/mol. The van der Waals surface area contributed by atoms with Gasteiger partial charge in [-0.3, -0.25) is 9.48 Å². The molecule has 1 aliphatic heterocycles. The Morgan fingerprint density at radius 2 is 2.23 bits per heavy atom. The van der Waals surface area contributed by atoms with E-state index in [0.717, 1.165) is 18.7 Å². The Kier molecular flexibility index (Phi) is 4.25. The van der Waals surface area contributed by atoms with Gasteiger partial charge >= 0.3 is 0 Å². The lowest BCUT2D eigenvalue weighted by atomic mass is 10.2. The minimum Gasteiger partial charge on any atom is -0.467 e. The van der Waals surface area contributed by atoms with E-state index in [9.17, 15) is 9.90 Å². The Labute approximate surface area is 149 Å². The number of amides is 1. The van der Waals surface area contributed by atoms with E-state index in [1.807, 2.05) is 10.7 Å². The summed E-state index contributed by atoms with van der Waals surface area (Å²) in [6, 6.07) is 5.23. The molecule has 0 saturated carbocycles. The van der Waals surface area contributed by atoms with Crippen molar-refractivity contribution < 1.29 is 14.6 Å². The lowest BCUT2D eigenvalue weighted by molar-refractivity contribution is -0.134. The van der Waals surface area contributed by atoms with Gasteiger partial charge in [0.2, 0.25) is 5.88 Å². The van der Waals surface area contributed by atoms with E-state index in [0.29, 0.717) is 30.3 Å². The summed E-state index contributed by atoms with van der Waals surface area (Å²) < 4.78 is 8.88. The standard InChI is InChI=1S/C16H19N7O3/c1-11(24)13-7-12-8-21(5-2-6-22(12)19-13)16(25)9-26-15-4-3-14-18-17-10-23(14)20-15/h3-4,7,10-11,24H,2,5-6,8-9H2,1H3/t11-/m0/s1. The Hall–Kier alpha value is -3.01. The number of ether oxygens (including phenoxy) is 1. The molecule has 136 valence electrons. The van der Waals surface area contributed by atoms with Gasteiger partial charge in [0.05, 0.1) is 24.0 Å². The minimum absolute atomic E-state index is 0.0992. The van der Waals surface area contributed by atoms with Gasteiger partial charge in [-0.15, -0.1) is 15.3 Å². The maximum atomic E-state index is 12.6. The summed E-state index contributed by atoms with van der Waals surface area (Å²) >= 11 is 0. The highest BCUT2D eigenvalue weighted by Gasteiger charge is 2.22. The number of aliphatic hydroxyl groups excluding tert-OH is 1. The Morgan fingerprint density at radius 3 is 3.08 bits per heavy atom. The number of carbonyl (C=O) groups is 1. The van der Waals surface area contributed by atoms with E-state index in [1.165, 1.54) is 10.8 Å². The summed E-state index contributed by atoms with van der Waals surface area (Å²) in [5.41, 5.74) is 2.14. The number of carbonyl (C=O) groups excluding carboxylic acids is 1. The maximum absolute atomic E-state index is 12.6. The van der Waals surface area contributed by atoms with Gasteiger partial charge in [0.15, 0.2) is 12.3 Å². The van der Waals surface area contributed by atoms with Crippen molar-refractivity contribution in [2.45, 2.75) is 32.5 Å². The third-order valence-corrected chi connectivity index (χ3v) is 4.29. The molecule has 0 spiro atoms. The van der Waals surface area contributed by atoms with Crippen molar-refractivity contribution in [1.29, 1.82) is 0 Å². The molecule has 3 aromatic rings. The molecule has 1 amide bonds. The quantitative estimate of drug-likeness (QED) is 0.709. The minimum atomic E-state index is -0.624. The van der Waals surface area contributed by atoms with Gasteiger partial charge in [-0.2, -0.15) is 9.61 Å². The van der Waals surface area contributed by atoms with Crippen LogP contribution in [-0.4, -0.2) is 58.7 Å². The monoisotopic (exact) mass is 357 g/mol. The van der Waals surface area contributed by atoms with Crippen molar-refractivity contribution in [2.24, 2.45) is 0 Å². The zero-order chi connectivity index (χ0) is 18.1. The molecule has 4 heterocycles. The topological polar surface area (TPSA) is 111 Å². The molecule has 0 aromatic carbocycles. The molecule has 10 nitrogen and oxygen atoms in total. The van der Waals surface area contributed by atoms with Crippen LogP contribution in [0.2, 0.25) is 0 Å². The number of aliphatic hydroxyl groups is 1. The Morgan fingerprint density at radius 1 is 1.35 bits per heavy atom. The van der Waals surface area contributed by atoms with Gasteiger partial charge in [-0.25, -0.2) is 0 Å². The second-order valence-electron chi connectivity index (χ2n) is 6.22. The molecule has 0 saturated heterocycles. The second kappa shape index (κ2) is 6.71. The third-order valence-electron chi connectivity index (χ3n) is 4.29. The van der Waals surface area contributed by atoms with Crippen LogP contribution < -0.4 is 4.74 Å². The van der Waals surface area contributed by atoms with Crippen LogP contribution in [0.15, 0.2) is 24.5 Å². The van der Waals surface area contributed by atoms with Crippen molar-refractivity contribution in [3.8, 4) is 5.88 Å². The fourth-order valence-corrected chi connectivity index (χ4v) is 2.92. The first-order valence-electron chi connectivity index (χ1n) is 8.42. The molecule has 26 heavy (non-hydrogen) atoms. The molecular formula is C16H19N7O3. The third kappa shape index (κ3) is 3.23. The average molecular weight is 357 g/mol. The first-order chi connectivity index (χ1) is 12.6. The van der Waals surface area contributed by atoms with E-state index in [2.05, 4.69) is 20.4 Å². The fraction of sp³-hybridized carbons (Fsp3) is 0.438. The van der Waals surface area contributed by atoms with E-state index in [1.54, 1.807) is 24.0 Å². The molecule has 1 atom stereocenters. The Balaban J connectivity index is 1.42. The van der Waals surface area contributed by atoms with Gasteiger partial charge < -0.3 is 14.7 Å². The largest absolute Gasteiger partial charge is 0.467 e. The van der Waals surface area contributed by atoms with Gasteiger partial charge in [-0.05, 0) is 25.5 Å². The highest BCUT2D eigenvalue weighted by Crippen LogP contribution is 2.18. The van der Waals surface area contributed by atoms with E-state index < -0.39 is 6.10 Å². The normalized spacial score (nSPS) is 15.5. The number of rotatable bonds is 4. The maximum Gasteiger partial charge on any atom is 0.260 e. The molecule has 1 N–H and O–H groups in total. The predicted molar refractivity (Wildman–Crippen MR) is 89.2 cm³/mol. The molecule has 3 aromatic heterocycles. The zero-order valence-electron chi connectivity index (χ0n) is 14.3. The van der Waals surface area contributed by atoms with Crippen molar-refractivity contribution in [1.82, 2.24) is 34.5 Å². The lowest BCUT2D eigenvalue weighted by Crippen LogP contribution is -2.34. The van der Waals surface area contributed by atoms with Crippen molar-refractivity contribution in [3.63, 3.8) is 0 Å². The van der Waals surface area contributed by atoms with Gasteiger partial charge in [0.1, 0.15) is 6.33 Å². The molecule has 0 fully saturated rings. The summed E-state index contributed by atoms with van der Waals surface area (Å²) in [4.78, 5) is 14.3. The fourth-order valence-electron chi connectivity index (χ4n) is 2.92. The molecule has 0 aliphatic carbocycles.